The summed E-state index contributed by atoms with van der Waals surface area (Å²) >= 11 is 0. The number of hydrogen-bond donors (Lipinski definition) is 0. The van der Waals surface area contributed by atoms with E-state index in [0.717, 1.165) is 36.2 Å². The molecular weight excluding hydrogens is 316 g/mol. The first-order valence-electron chi connectivity index (χ1n) is 8.11. The molecule has 0 bridgehead atoms. The molecule has 1 saturated heterocycles. The van der Waals surface area contributed by atoms with Gasteiger partial charge in [0, 0.05) is 26.1 Å². The molecule has 0 aliphatic carbocycles. The van der Waals surface area contributed by atoms with Gasteiger partial charge in [-0.05, 0) is 42.5 Å². The third-order valence-electron chi connectivity index (χ3n) is 4.86. The van der Waals surface area contributed by atoms with E-state index in [9.17, 15) is 13.2 Å². The largest absolute Gasteiger partial charge is 0.379 e. The van der Waals surface area contributed by atoms with Crippen molar-refractivity contribution in [3.63, 3.8) is 0 Å². The van der Waals surface area contributed by atoms with Crippen LogP contribution in [0.15, 0.2) is 17.0 Å². The second-order valence-corrected chi connectivity index (χ2v) is 8.19. The van der Waals surface area contributed by atoms with Gasteiger partial charge < -0.3 is 9.64 Å². The number of sulfonamides is 1. The quantitative estimate of drug-likeness (QED) is 0.806. The molecule has 1 aromatic rings. The molecule has 0 atom stereocenters. The Morgan fingerprint density at radius 2 is 1.65 bits per heavy atom. The number of morpholine rings is 1. The fourth-order valence-corrected chi connectivity index (χ4v) is 5.22. The summed E-state index contributed by atoms with van der Waals surface area (Å²) in [7, 11) is -3.49. The Labute approximate surface area is 136 Å². The summed E-state index contributed by atoms with van der Waals surface area (Å²) < 4.78 is 32.5. The number of carbonyl (C=O) groups excluding carboxylic acids is 1. The highest BCUT2D eigenvalue weighted by atomic mass is 32.2. The van der Waals surface area contributed by atoms with Gasteiger partial charge in [0.1, 0.15) is 0 Å². The molecule has 1 fully saturated rings. The number of carbonyl (C=O) groups is 1. The Morgan fingerprint density at radius 1 is 0.957 bits per heavy atom. The smallest absolute Gasteiger partial charge is 0.243 e. The first-order valence-corrected chi connectivity index (χ1v) is 9.55. The summed E-state index contributed by atoms with van der Waals surface area (Å²) in [5.74, 6) is 0.155. The van der Waals surface area contributed by atoms with Gasteiger partial charge in [0.25, 0.3) is 0 Å². The molecule has 1 amide bonds. The van der Waals surface area contributed by atoms with Crippen LogP contribution in [-0.2, 0) is 32.4 Å². The summed E-state index contributed by atoms with van der Waals surface area (Å²) in [5.41, 5.74) is 2.95. The molecule has 6 nitrogen and oxygen atoms in total. The SMILES string of the molecule is O=C1CCc2cc(S(=O)(=O)N3CCOCC3)cc3c2N1CCC3. The van der Waals surface area contributed by atoms with E-state index in [1.54, 1.807) is 12.1 Å². The number of benzene rings is 1. The van der Waals surface area contributed by atoms with Crippen molar-refractivity contribution in [1.29, 1.82) is 0 Å². The van der Waals surface area contributed by atoms with Crippen LogP contribution in [0, 0.1) is 0 Å². The van der Waals surface area contributed by atoms with Gasteiger partial charge in [-0.3, -0.25) is 4.79 Å². The molecular formula is C16H20N2O4S. The van der Waals surface area contributed by atoms with Gasteiger partial charge in [-0.25, -0.2) is 8.42 Å². The maximum Gasteiger partial charge on any atom is 0.243 e. The first kappa shape index (κ1) is 15.1. The highest BCUT2D eigenvalue weighted by Gasteiger charge is 2.33. The molecule has 3 heterocycles. The van der Waals surface area contributed by atoms with Gasteiger partial charge in [-0.15, -0.1) is 0 Å². The van der Waals surface area contributed by atoms with E-state index in [1.807, 2.05) is 4.90 Å². The Bertz CT molecular complexity index is 736. The number of anilines is 1. The molecule has 23 heavy (non-hydrogen) atoms. The Balaban J connectivity index is 1.78. The zero-order valence-electron chi connectivity index (χ0n) is 13.0. The van der Waals surface area contributed by atoms with Crippen LogP contribution in [0.4, 0.5) is 5.69 Å². The van der Waals surface area contributed by atoms with Crippen LogP contribution in [0.25, 0.3) is 0 Å². The molecule has 7 heteroatoms. The predicted molar refractivity (Wildman–Crippen MR) is 85.0 cm³/mol. The molecule has 0 aromatic heterocycles. The second kappa shape index (κ2) is 5.58. The maximum absolute atomic E-state index is 12.9. The monoisotopic (exact) mass is 336 g/mol. The zero-order chi connectivity index (χ0) is 16.0. The van der Waals surface area contributed by atoms with E-state index in [2.05, 4.69) is 0 Å². The molecule has 0 N–H and O–H groups in total. The van der Waals surface area contributed by atoms with Crippen LogP contribution < -0.4 is 4.90 Å². The van der Waals surface area contributed by atoms with Crippen LogP contribution in [0.1, 0.15) is 24.0 Å². The molecule has 3 aliphatic rings. The van der Waals surface area contributed by atoms with Crippen LogP contribution in [0.5, 0.6) is 0 Å². The third kappa shape index (κ3) is 2.47. The normalized spacial score (nSPS) is 22.1. The van der Waals surface area contributed by atoms with Gasteiger partial charge in [-0.2, -0.15) is 4.31 Å². The summed E-state index contributed by atoms with van der Waals surface area (Å²) in [5, 5.41) is 0. The summed E-state index contributed by atoms with van der Waals surface area (Å²) in [6.07, 6.45) is 2.81. The fourth-order valence-electron chi connectivity index (χ4n) is 3.71. The highest BCUT2D eigenvalue weighted by Crippen LogP contribution is 2.38. The van der Waals surface area contributed by atoms with Gasteiger partial charge in [0.15, 0.2) is 0 Å². The number of hydrogen-bond acceptors (Lipinski definition) is 4. The van der Waals surface area contributed by atoms with Crippen molar-refractivity contribution >= 4 is 21.6 Å². The molecule has 0 radical (unpaired) electrons. The van der Waals surface area contributed by atoms with Crippen molar-refractivity contribution in [2.45, 2.75) is 30.6 Å². The lowest BCUT2D eigenvalue weighted by Gasteiger charge is -2.36. The minimum Gasteiger partial charge on any atom is -0.379 e. The summed E-state index contributed by atoms with van der Waals surface area (Å²) in [6, 6.07) is 3.54. The molecule has 1 aromatic carbocycles. The molecule has 4 rings (SSSR count). The van der Waals surface area contributed by atoms with Crippen LogP contribution in [0.2, 0.25) is 0 Å². The van der Waals surface area contributed by atoms with Crippen molar-refractivity contribution < 1.29 is 17.9 Å². The number of ether oxygens (including phenoxy) is 1. The second-order valence-electron chi connectivity index (χ2n) is 6.26. The fraction of sp³-hybridized carbons (Fsp3) is 0.562. The average molecular weight is 336 g/mol. The van der Waals surface area contributed by atoms with E-state index in [0.29, 0.717) is 44.0 Å². The number of nitrogens with zero attached hydrogens (tertiary/aromatic N) is 2. The van der Waals surface area contributed by atoms with Crippen molar-refractivity contribution in [3.05, 3.63) is 23.3 Å². The standard InChI is InChI=1S/C16H20N2O4S/c19-15-4-3-13-11-14(10-12-2-1-5-18(15)16(12)13)23(20,21)17-6-8-22-9-7-17/h10-11H,1-9H2. The van der Waals surface area contributed by atoms with Gasteiger partial charge in [0.2, 0.25) is 15.9 Å². The molecule has 0 unspecified atom stereocenters. The average Bonchev–Trinajstić information content (AvgIpc) is 2.58. The van der Waals surface area contributed by atoms with E-state index in [4.69, 9.17) is 4.74 Å². The maximum atomic E-state index is 12.9. The van der Waals surface area contributed by atoms with Crippen molar-refractivity contribution in [3.8, 4) is 0 Å². The summed E-state index contributed by atoms with van der Waals surface area (Å²) in [6.45, 7) is 2.44. The number of rotatable bonds is 2. The minimum atomic E-state index is -3.49. The third-order valence-corrected chi connectivity index (χ3v) is 6.73. The summed E-state index contributed by atoms with van der Waals surface area (Å²) in [4.78, 5) is 14.3. The van der Waals surface area contributed by atoms with Crippen LogP contribution >= 0.6 is 0 Å². The minimum absolute atomic E-state index is 0.155. The van der Waals surface area contributed by atoms with Gasteiger partial charge in [-0.1, -0.05) is 0 Å². The first-order chi connectivity index (χ1) is 11.1. The van der Waals surface area contributed by atoms with Crippen LogP contribution in [-0.4, -0.2) is 51.5 Å². The zero-order valence-corrected chi connectivity index (χ0v) is 13.8. The molecule has 124 valence electrons. The Kier molecular flexibility index (Phi) is 3.66. The van der Waals surface area contributed by atoms with Crippen molar-refractivity contribution in [2.24, 2.45) is 0 Å². The Hall–Kier alpha value is -1.44. The lowest BCUT2D eigenvalue weighted by molar-refractivity contribution is -0.119. The lowest BCUT2D eigenvalue weighted by atomic mass is 9.92. The number of amides is 1. The van der Waals surface area contributed by atoms with Crippen molar-refractivity contribution in [2.75, 3.05) is 37.7 Å². The van der Waals surface area contributed by atoms with Gasteiger partial charge in [0.05, 0.1) is 23.8 Å². The predicted octanol–water partition coefficient (Wildman–Crippen LogP) is 0.933. The molecule has 0 saturated carbocycles. The molecule has 3 aliphatic heterocycles. The Morgan fingerprint density at radius 3 is 2.39 bits per heavy atom. The van der Waals surface area contributed by atoms with Gasteiger partial charge >= 0.3 is 0 Å². The lowest BCUT2D eigenvalue weighted by Crippen LogP contribution is -2.41. The van der Waals surface area contributed by atoms with E-state index in [-0.39, 0.29) is 5.91 Å². The molecule has 0 spiro atoms. The van der Waals surface area contributed by atoms with E-state index in [1.165, 1.54) is 4.31 Å². The topological polar surface area (TPSA) is 66.9 Å². The van der Waals surface area contributed by atoms with Crippen LogP contribution in [0.3, 0.4) is 0 Å². The van der Waals surface area contributed by atoms with Crippen molar-refractivity contribution in [1.82, 2.24) is 4.31 Å². The van der Waals surface area contributed by atoms with E-state index < -0.39 is 10.0 Å². The number of aryl methyl sites for hydroxylation is 2. The van der Waals surface area contributed by atoms with E-state index >= 15 is 0 Å². The highest BCUT2D eigenvalue weighted by molar-refractivity contribution is 7.89.